The third-order valence-electron chi connectivity index (χ3n) is 2.52. The fourth-order valence-electron chi connectivity index (χ4n) is 1.61. The first-order valence-electron chi connectivity index (χ1n) is 5.39. The maximum Gasteiger partial charge on any atom is 0.416 e. The standard InChI is InChI=1S/C13H10F3N3/c14-13(15,16)10-6-4-9(5-7-10)12(19-17)11-3-1-2-8-18-11/h1-8H,17H2. The lowest BCUT2D eigenvalue weighted by atomic mass is 10.0. The Morgan fingerprint density at radius 2 is 1.74 bits per heavy atom. The molecule has 0 unspecified atom stereocenters. The van der Waals surface area contributed by atoms with Crippen LogP contribution < -0.4 is 5.84 Å². The predicted molar refractivity (Wildman–Crippen MR) is 65.5 cm³/mol. The van der Waals surface area contributed by atoms with Gasteiger partial charge in [0.15, 0.2) is 0 Å². The van der Waals surface area contributed by atoms with Crippen LogP contribution in [-0.4, -0.2) is 10.7 Å². The van der Waals surface area contributed by atoms with Crippen molar-refractivity contribution in [1.82, 2.24) is 4.98 Å². The normalized spacial score (nSPS) is 12.5. The van der Waals surface area contributed by atoms with Gasteiger partial charge in [-0.1, -0.05) is 18.2 Å². The number of pyridine rings is 1. The highest BCUT2D eigenvalue weighted by atomic mass is 19.4. The van der Waals surface area contributed by atoms with Crippen LogP contribution in [0.15, 0.2) is 53.8 Å². The fourth-order valence-corrected chi connectivity index (χ4v) is 1.61. The van der Waals surface area contributed by atoms with Crippen LogP contribution >= 0.6 is 0 Å². The van der Waals surface area contributed by atoms with Gasteiger partial charge in [0.25, 0.3) is 0 Å². The molecule has 2 rings (SSSR count). The van der Waals surface area contributed by atoms with Gasteiger partial charge >= 0.3 is 6.18 Å². The number of hydrogen-bond donors (Lipinski definition) is 1. The SMILES string of the molecule is NN=C(c1ccc(C(F)(F)F)cc1)c1ccccn1. The third-order valence-corrected chi connectivity index (χ3v) is 2.52. The van der Waals surface area contributed by atoms with Crippen molar-refractivity contribution in [2.75, 3.05) is 0 Å². The summed E-state index contributed by atoms with van der Waals surface area (Å²) in [5, 5.41) is 3.59. The average molecular weight is 265 g/mol. The number of benzene rings is 1. The minimum absolute atomic E-state index is 0.342. The Morgan fingerprint density at radius 3 is 2.21 bits per heavy atom. The topological polar surface area (TPSA) is 51.3 Å². The monoisotopic (exact) mass is 265 g/mol. The summed E-state index contributed by atoms with van der Waals surface area (Å²) in [6.45, 7) is 0. The second kappa shape index (κ2) is 5.09. The molecule has 19 heavy (non-hydrogen) atoms. The van der Waals surface area contributed by atoms with E-state index in [1.54, 1.807) is 24.4 Å². The number of aromatic nitrogens is 1. The minimum atomic E-state index is -4.36. The summed E-state index contributed by atoms with van der Waals surface area (Å²) in [5.41, 5.74) is 0.613. The van der Waals surface area contributed by atoms with Crippen LogP contribution in [0.5, 0.6) is 0 Å². The molecule has 0 aliphatic carbocycles. The number of hydrogen-bond acceptors (Lipinski definition) is 3. The van der Waals surface area contributed by atoms with E-state index in [4.69, 9.17) is 5.84 Å². The van der Waals surface area contributed by atoms with Gasteiger partial charge < -0.3 is 5.84 Å². The minimum Gasteiger partial charge on any atom is -0.323 e. The summed E-state index contributed by atoms with van der Waals surface area (Å²) < 4.78 is 37.4. The van der Waals surface area contributed by atoms with Crippen LogP contribution in [-0.2, 0) is 6.18 Å². The summed E-state index contributed by atoms with van der Waals surface area (Å²) in [4.78, 5) is 4.06. The van der Waals surface area contributed by atoms with Crippen LogP contribution in [0.2, 0.25) is 0 Å². The lowest BCUT2D eigenvalue weighted by Gasteiger charge is -2.08. The second-order valence-corrected chi connectivity index (χ2v) is 3.77. The molecule has 6 heteroatoms. The quantitative estimate of drug-likeness (QED) is 0.515. The third kappa shape index (κ3) is 2.90. The van der Waals surface area contributed by atoms with E-state index in [2.05, 4.69) is 10.1 Å². The molecule has 1 aromatic heterocycles. The predicted octanol–water partition coefficient (Wildman–Crippen LogP) is 2.81. The zero-order chi connectivity index (χ0) is 13.9. The zero-order valence-corrected chi connectivity index (χ0v) is 9.72. The van der Waals surface area contributed by atoms with Gasteiger partial charge in [0.05, 0.1) is 11.3 Å². The number of halogens is 3. The highest BCUT2D eigenvalue weighted by Crippen LogP contribution is 2.29. The smallest absolute Gasteiger partial charge is 0.323 e. The van der Waals surface area contributed by atoms with Crippen molar-refractivity contribution in [3.8, 4) is 0 Å². The molecule has 3 nitrogen and oxygen atoms in total. The molecule has 0 atom stereocenters. The Bertz CT molecular complexity index is 574. The number of alkyl halides is 3. The first kappa shape index (κ1) is 13.1. The molecule has 98 valence electrons. The lowest BCUT2D eigenvalue weighted by molar-refractivity contribution is -0.137. The molecule has 0 aliphatic rings. The van der Waals surface area contributed by atoms with Crippen LogP contribution in [0.3, 0.4) is 0 Å². The Labute approximate surface area is 107 Å². The maximum atomic E-state index is 12.5. The maximum absolute atomic E-state index is 12.5. The molecule has 0 amide bonds. The molecule has 2 N–H and O–H groups in total. The van der Waals surface area contributed by atoms with Crippen molar-refractivity contribution in [3.63, 3.8) is 0 Å². The Hall–Kier alpha value is -2.37. The van der Waals surface area contributed by atoms with Crippen molar-refractivity contribution >= 4 is 5.71 Å². The molecule has 0 saturated carbocycles. The van der Waals surface area contributed by atoms with Gasteiger partial charge in [-0.2, -0.15) is 18.3 Å². The van der Waals surface area contributed by atoms with Gasteiger partial charge in [-0.25, -0.2) is 0 Å². The van der Waals surface area contributed by atoms with Crippen LogP contribution in [0.25, 0.3) is 0 Å². The highest BCUT2D eigenvalue weighted by molar-refractivity contribution is 6.11. The number of nitrogens with zero attached hydrogens (tertiary/aromatic N) is 2. The summed E-state index contributed by atoms with van der Waals surface area (Å²) in [6.07, 6.45) is -2.80. The number of nitrogens with two attached hydrogens (primary N) is 1. The first-order valence-corrected chi connectivity index (χ1v) is 5.39. The number of rotatable bonds is 2. The van der Waals surface area contributed by atoms with Crippen LogP contribution in [0.1, 0.15) is 16.8 Å². The largest absolute Gasteiger partial charge is 0.416 e. The zero-order valence-electron chi connectivity index (χ0n) is 9.72. The van der Waals surface area contributed by atoms with Crippen molar-refractivity contribution in [1.29, 1.82) is 0 Å². The van der Waals surface area contributed by atoms with Crippen LogP contribution in [0.4, 0.5) is 13.2 Å². The van der Waals surface area contributed by atoms with Gasteiger partial charge in [-0.05, 0) is 24.3 Å². The van der Waals surface area contributed by atoms with Gasteiger partial charge in [0.2, 0.25) is 0 Å². The van der Waals surface area contributed by atoms with Crippen molar-refractivity contribution in [2.45, 2.75) is 6.18 Å². The molecule has 1 heterocycles. The first-order chi connectivity index (χ1) is 9.02. The van der Waals surface area contributed by atoms with Gasteiger partial charge in [0, 0.05) is 11.8 Å². The Kier molecular flexibility index (Phi) is 3.50. The summed E-state index contributed by atoms with van der Waals surface area (Å²) in [7, 11) is 0. The highest BCUT2D eigenvalue weighted by Gasteiger charge is 2.30. The Morgan fingerprint density at radius 1 is 1.05 bits per heavy atom. The molecule has 0 fully saturated rings. The second-order valence-electron chi connectivity index (χ2n) is 3.77. The van der Waals surface area contributed by atoms with E-state index in [-0.39, 0.29) is 0 Å². The Balaban J connectivity index is 2.37. The molecule has 0 aliphatic heterocycles. The van der Waals surface area contributed by atoms with E-state index < -0.39 is 11.7 Å². The van der Waals surface area contributed by atoms with Crippen LogP contribution in [0, 0.1) is 0 Å². The molecule has 0 bridgehead atoms. The molecular formula is C13H10F3N3. The van der Waals surface area contributed by atoms with E-state index in [0.29, 0.717) is 17.0 Å². The molecular weight excluding hydrogens is 255 g/mol. The van der Waals surface area contributed by atoms with Gasteiger partial charge in [-0.15, -0.1) is 0 Å². The summed E-state index contributed by atoms with van der Waals surface area (Å²) >= 11 is 0. The summed E-state index contributed by atoms with van der Waals surface area (Å²) in [6, 6.07) is 9.78. The molecule has 2 aromatic rings. The van der Waals surface area contributed by atoms with Gasteiger partial charge in [-0.3, -0.25) is 4.98 Å². The van der Waals surface area contributed by atoms with Gasteiger partial charge in [0.1, 0.15) is 5.71 Å². The lowest BCUT2D eigenvalue weighted by Crippen LogP contribution is -2.10. The average Bonchev–Trinajstić information content (AvgIpc) is 2.40. The summed E-state index contributed by atoms with van der Waals surface area (Å²) in [5.74, 6) is 5.29. The molecule has 0 radical (unpaired) electrons. The van der Waals surface area contributed by atoms with Crippen molar-refractivity contribution in [2.24, 2.45) is 10.9 Å². The van der Waals surface area contributed by atoms with Crippen molar-refractivity contribution < 1.29 is 13.2 Å². The molecule has 0 spiro atoms. The molecule has 0 saturated heterocycles. The van der Waals surface area contributed by atoms with E-state index in [9.17, 15) is 13.2 Å². The molecule has 1 aromatic carbocycles. The van der Waals surface area contributed by atoms with E-state index >= 15 is 0 Å². The van der Waals surface area contributed by atoms with E-state index in [0.717, 1.165) is 12.1 Å². The van der Waals surface area contributed by atoms with Crippen molar-refractivity contribution in [3.05, 3.63) is 65.5 Å². The number of hydrazone groups is 1. The van der Waals surface area contributed by atoms with E-state index in [1.165, 1.54) is 12.1 Å². The van der Waals surface area contributed by atoms with E-state index in [1.807, 2.05) is 0 Å². The fraction of sp³-hybridized carbons (Fsp3) is 0.0769.